The van der Waals surface area contributed by atoms with Gasteiger partial charge in [-0.1, -0.05) is 0 Å². The second kappa shape index (κ2) is 7.70. The van der Waals surface area contributed by atoms with Gasteiger partial charge in [-0.2, -0.15) is 8.78 Å². The Morgan fingerprint density at radius 3 is 2.32 bits per heavy atom. The van der Waals surface area contributed by atoms with Crippen molar-refractivity contribution in [3.63, 3.8) is 0 Å². The molecule has 10 heteroatoms. The molecule has 1 N–H and O–H groups in total. The average molecular weight is 389 g/mol. The Morgan fingerprint density at radius 1 is 1.16 bits per heavy atom. The monoisotopic (exact) mass is 389 g/mol. The Kier molecular flexibility index (Phi) is 5.85. The van der Waals surface area contributed by atoms with Crippen LogP contribution in [0.3, 0.4) is 0 Å². The van der Waals surface area contributed by atoms with E-state index in [0.717, 1.165) is 29.1 Å². The minimum atomic E-state index is -4.69. The van der Waals surface area contributed by atoms with Gasteiger partial charge in [-0.05, 0) is 43.3 Å². The number of carbonyl (C=O) groups is 2. The van der Waals surface area contributed by atoms with Crippen LogP contribution in [0.15, 0.2) is 41.3 Å². The van der Waals surface area contributed by atoms with Crippen molar-refractivity contribution < 1.29 is 31.5 Å². The number of alkyl halides is 2. The molecule has 2 aromatic rings. The van der Waals surface area contributed by atoms with Crippen molar-refractivity contribution in [2.45, 2.75) is 17.6 Å². The zero-order valence-electron chi connectivity index (χ0n) is 12.9. The van der Waals surface area contributed by atoms with Crippen molar-refractivity contribution in [2.24, 2.45) is 0 Å². The minimum absolute atomic E-state index is 0.182. The summed E-state index contributed by atoms with van der Waals surface area (Å²) < 4.78 is 52.3. The molecule has 2 rings (SSSR count). The fourth-order valence-electron chi connectivity index (χ4n) is 1.77. The molecule has 0 bridgehead atoms. The van der Waals surface area contributed by atoms with E-state index < -0.39 is 39.0 Å². The van der Waals surface area contributed by atoms with Crippen LogP contribution in [0, 0.1) is 6.92 Å². The molecule has 0 aliphatic rings. The summed E-state index contributed by atoms with van der Waals surface area (Å²) in [6.07, 6.45) is 0. The van der Waals surface area contributed by atoms with E-state index >= 15 is 0 Å². The van der Waals surface area contributed by atoms with Crippen LogP contribution in [0.25, 0.3) is 0 Å². The summed E-state index contributed by atoms with van der Waals surface area (Å²) in [4.78, 5) is 24.2. The van der Waals surface area contributed by atoms with E-state index in [4.69, 9.17) is 4.74 Å². The van der Waals surface area contributed by atoms with Gasteiger partial charge in [0.1, 0.15) is 4.88 Å². The highest BCUT2D eigenvalue weighted by Crippen LogP contribution is 2.20. The highest BCUT2D eigenvalue weighted by Gasteiger charge is 2.26. The van der Waals surface area contributed by atoms with E-state index in [9.17, 15) is 26.8 Å². The van der Waals surface area contributed by atoms with E-state index in [-0.39, 0.29) is 5.69 Å². The van der Waals surface area contributed by atoms with Gasteiger partial charge in [0.15, 0.2) is 6.61 Å². The molecule has 0 saturated heterocycles. The molecule has 0 saturated carbocycles. The molecule has 6 nitrogen and oxygen atoms in total. The van der Waals surface area contributed by atoms with Gasteiger partial charge in [-0.3, -0.25) is 4.79 Å². The first-order chi connectivity index (χ1) is 11.7. The van der Waals surface area contributed by atoms with E-state index in [0.29, 0.717) is 4.88 Å². The number of hydrogen-bond acceptors (Lipinski definition) is 6. The molecule has 0 unspecified atom stereocenters. The number of nitrogens with one attached hydrogen (secondary N) is 1. The zero-order valence-corrected chi connectivity index (χ0v) is 14.5. The lowest BCUT2D eigenvalue weighted by Crippen LogP contribution is -2.20. The quantitative estimate of drug-likeness (QED) is 0.768. The minimum Gasteiger partial charge on any atom is -0.451 e. The van der Waals surface area contributed by atoms with Crippen molar-refractivity contribution in [1.29, 1.82) is 0 Å². The topological polar surface area (TPSA) is 89.5 Å². The maximum Gasteiger partial charge on any atom is 0.348 e. The molecule has 134 valence electrons. The standard InChI is InChI=1S/C15H13F2NO5S2/c1-9-2-7-12(24-9)14(20)23-8-13(19)18-10-3-5-11(6-4-10)25(21,22)15(16)17/h2-7,15H,8H2,1H3,(H,18,19). The van der Waals surface area contributed by atoms with Crippen LogP contribution in [0.4, 0.5) is 14.5 Å². The van der Waals surface area contributed by atoms with Crippen LogP contribution in [0.1, 0.15) is 14.5 Å². The van der Waals surface area contributed by atoms with Gasteiger partial charge < -0.3 is 10.1 Å². The molecular weight excluding hydrogens is 376 g/mol. The first-order valence-corrected chi connectivity index (χ1v) is 9.22. The number of esters is 1. The van der Waals surface area contributed by atoms with Gasteiger partial charge in [0, 0.05) is 10.6 Å². The fourth-order valence-corrected chi connectivity index (χ4v) is 3.26. The summed E-state index contributed by atoms with van der Waals surface area (Å²) >= 11 is 1.23. The highest BCUT2D eigenvalue weighted by atomic mass is 32.2. The van der Waals surface area contributed by atoms with E-state index in [1.54, 1.807) is 12.1 Å². The second-order valence-corrected chi connectivity index (χ2v) is 8.07. The fraction of sp³-hybridized carbons (Fsp3) is 0.200. The van der Waals surface area contributed by atoms with Crippen molar-refractivity contribution in [2.75, 3.05) is 11.9 Å². The van der Waals surface area contributed by atoms with E-state index in [1.807, 2.05) is 6.92 Å². The Balaban J connectivity index is 1.91. The van der Waals surface area contributed by atoms with Crippen LogP contribution in [0.2, 0.25) is 0 Å². The molecule has 0 atom stereocenters. The highest BCUT2D eigenvalue weighted by molar-refractivity contribution is 7.91. The number of benzene rings is 1. The molecule has 1 heterocycles. The van der Waals surface area contributed by atoms with Crippen molar-refractivity contribution in [1.82, 2.24) is 0 Å². The normalized spacial score (nSPS) is 11.4. The van der Waals surface area contributed by atoms with Crippen LogP contribution >= 0.6 is 11.3 Å². The Labute approximate surface area is 146 Å². The third-order valence-electron chi connectivity index (χ3n) is 2.98. The number of hydrogen-bond donors (Lipinski definition) is 1. The lowest BCUT2D eigenvalue weighted by Gasteiger charge is -2.07. The van der Waals surface area contributed by atoms with E-state index in [2.05, 4.69) is 5.32 Å². The number of anilines is 1. The van der Waals surface area contributed by atoms with Crippen molar-refractivity contribution in [3.05, 3.63) is 46.2 Å². The molecule has 1 aromatic heterocycles. The molecule has 1 amide bonds. The number of aryl methyl sites for hydroxylation is 1. The number of sulfone groups is 1. The number of ether oxygens (including phenoxy) is 1. The zero-order chi connectivity index (χ0) is 18.6. The number of rotatable bonds is 6. The Hall–Kier alpha value is -2.33. The van der Waals surface area contributed by atoms with Crippen molar-refractivity contribution in [3.8, 4) is 0 Å². The average Bonchev–Trinajstić information content (AvgIpc) is 2.99. The van der Waals surface area contributed by atoms with Crippen LogP contribution in [-0.4, -0.2) is 32.7 Å². The lowest BCUT2D eigenvalue weighted by atomic mass is 10.3. The van der Waals surface area contributed by atoms with Gasteiger partial charge in [0.05, 0.1) is 4.90 Å². The van der Waals surface area contributed by atoms with Gasteiger partial charge in [0.25, 0.3) is 5.91 Å². The molecule has 0 radical (unpaired) electrons. The summed E-state index contributed by atoms with van der Waals surface area (Å²) in [5.74, 6) is -4.80. The first kappa shape index (κ1) is 19.0. The third kappa shape index (κ3) is 4.83. The van der Waals surface area contributed by atoms with Crippen LogP contribution in [0.5, 0.6) is 0 Å². The van der Waals surface area contributed by atoms with Gasteiger partial charge >= 0.3 is 11.7 Å². The summed E-state index contributed by atoms with van der Waals surface area (Å²) in [6.45, 7) is 1.29. The van der Waals surface area contributed by atoms with Gasteiger partial charge in [0.2, 0.25) is 9.84 Å². The summed E-state index contributed by atoms with van der Waals surface area (Å²) in [6, 6.07) is 7.57. The lowest BCUT2D eigenvalue weighted by molar-refractivity contribution is -0.119. The summed E-state index contributed by atoms with van der Waals surface area (Å²) in [5.41, 5.74) is 0.182. The molecule has 0 spiro atoms. The predicted octanol–water partition coefficient (Wildman–Crippen LogP) is 2.85. The van der Waals surface area contributed by atoms with Crippen molar-refractivity contribution >= 4 is 38.7 Å². The summed E-state index contributed by atoms with van der Waals surface area (Å²) in [7, 11) is -4.69. The number of thiophene rings is 1. The van der Waals surface area contributed by atoms with Gasteiger partial charge in [-0.15, -0.1) is 11.3 Å². The maximum absolute atomic E-state index is 12.4. The van der Waals surface area contributed by atoms with E-state index in [1.165, 1.54) is 11.3 Å². The molecule has 0 aliphatic heterocycles. The molecule has 1 aromatic carbocycles. The molecular formula is C15H13F2NO5S2. The Bertz CT molecular complexity index is 876. The largest absolute Gasteiger partial charge is 0.451 e. The maximum atomic E-state index is 12.4. The first-order valence-electron chi connectivity index (χ1n) is 6.85. The number of halogens is 2. The Morgan fingerprint density at radius 2 is 1.80 bits per heavy atom. The second-order valence-electron chi connectivity index (χ2n) is 4.86. The number of amides is 1. The number of carbonyl (C=O) groups excluding carboxylic acids is 2. The molecule has 0 fully saturated rings. The third-order valence-corrected chi connectivity index (χ3v) is 5.36. The molecule has 25 heavy (non-hydrogen) atoms. The van der Waals surface area contributed by atoms with Gasteiger partial charge in [-0.25, -0.2) is 13.2 Å². The molecule has 0 aliphatic carbocycles. The summed E-state index contributed by atoms with van der Waals surface area (Å²) in [5, 5.41) is 2.37. The SMILES string of the molecule is Cc1ccc(C(=O)OCC(=O)Nc2ccc(S(=O)(=O)C(F)F)cc2)s1. The van der Waals surface area contributed by atoms with Crippen LogP contribution < -0.4 is 5.32 Å². The van der Waals surface area contributed by atoms with Crippen LogP contribution in [-0.2, 0) is 19.4 Å². The smallest absolute Gasteiger partial charge is 0.348 e. The predicted molar refractivity (Wildman–Crippen MR) is 87.6 cm³/mol.